The molecule has 2 aromatic rings. The van der Waals surface area contributed by atoms with Crippen LogP contribution in [0, 0.1) is 0 Å². The molecule has 0 bridgehead atoms. The number of amides is 1. The van der Waals surface area contributed by atoms with Gasteiger partial charge in [0.05, 0.1) is 17.0 Å². The summed E-state index contributed by atoms with van der Waals surface area (Å²) in [6.07, 6.45) is 0.976. The zero-order chi connectivity index (χ0) is 20.4. The van der Waals surface area contributed by atoms with E-state index in [0.29, 0.717) is 30.0 Å². The minimum atomic E-state index is -4.42. The Balaban J connectivity index is 1.60. The Labute approximate surface area is 166 Å². The minimum Gasteiger partial charge on any atom is -0.341 e. The van der Waals surface area contributed by atoms with Gasteiger partial charge in [-0.15, -0.1) is 0 Å². The van der Waals surface area contributed by atoms with Crippen LogP contribution in [0.4, 0.5) is 13.2 Å². The van der Waals surface area contributed by atoms with Gasteiger partial charge in [-0.2, -0.15) is 13.2 Å². The van der Waals surface area contributed by atoms with Crippen LogP contribution in [0.2, 0.25) is 0 Å². The summed E-state index contributed by atoms with van der Waals surface area (Å²) in [6, 6.07) is 4.91. The van der Waals surface area contributed by atoms with Crippen LogP contribution in [-0.4, -0.2) is 46.5 Å². The van der Waals surface area contributed by atoms with Crippen LogP contribution in [0.25, 0.3) is 11.3 Å². The number of nitrogens with one attached hydrogen (secondary N) is 2. The Hall–Kier alpha value is -2.52. The van der Waals surface area contributed by atoms with Gasteiger partial charge in [-0.3, -0.25) is 20.2 Å². The molecule has 1 aromatic heterocycles. The molecule has 4 rings (SSSR count). The van der Waals surface area contributed by atoms with Crippen LogP contribution in [-0.2, 0) is 11.0 Å². The van der Waals surface area contributed by atoms with E-state index in [0.717, 1.165) is 37.9 Å². The topological polar surface area (TPSA) is 70.2 Å². The van der Waals surface area contributed by atoms with Gasteiger partial charge in [-0.05, 0) is 31.4 Å². The number of aromatic nitrogens is 2. The van der Waals surface area contributed by atoms with Crippen molar-refractivity contribution in [2.75, 3.05) is 19.6 Å². The van der Waals surface area contributed by atoms with Gasteiger partial charge in [0.2, 0.25) is 5.91 Å². The van der Waals surface area contributed by atoms with Crippen molar-refractivity contribution >= 4 is 5.91 Å². The Kier molecular flexibility index (Phi) is 5.51. The second-order valence-corrected chi connectivity index (χ2v) is 7.40. The molecule has 2 N–H and O–H groups in total. The van der Waals surface area contributed by atoms with Gasteiger partial charge in [0, 0.05) is 43.5 Å². The summed E-state index contributed by atoms with van der Waals surface area (Å²) in [6.45, 7) is 1.91. The van der Waals surface area contributed by atoms with E-state index in [1.165, 1.54) is 12.3 Å². The Morgan fingerprint density at radius 3 is 2.76 bits per heavy atom. The van der Waals surface area contributed by atoms with Gasteiger partial charge in [-0.1, -0.05) is 12.1 Å². The second-order valence-electron chi connectivity index (χ2n) is 7.40. The number of likely N-dealkylation sites (tertiary alicyclic amines) is 1. The number of hydrazine groups is 1. The molecule has 1 amide bonds. The van der Waals surface area contributed by atoms with E-state index in [-0.39, 0.29) is 17.9 Å². The fourth-order valence-corrected chi connectivity index (χ4v) is 4.00. The lowest BCUT2D eigenvalue weighted by Crippen LogP contribution is -2.48. The van der Waals surface area contributed by atoms with Crippen molar-refractivity contribution in [1.82, 2.24) is 25.7 Å². The van der Waals surface area contributed by atoms with Gasteiger partial charge >= 0.3 is 6.18 Å². The zero-order valence-corrected chi connectivity index (χ0v) is 15.7. The molecular weight excluding hydrogens is 383 g/mol. The summed E-state index contributed by atoms with van der Waals surface area (Å²) in [5.74, 6) is -0.0236. The molecule has 2 aliphatic heterocycles. The van der Waals surface area contributed by atoms with Crippen molar-refractivity contribution in [3.63, 3.8) is 0 Å². The van der Waals surface area contributed by atoms with E-state index in [2.05, 4.69) is 20.8 Å². The van der Waals surface area contributed by atoms with Gasteiger partial charge in [-0.25, -0.2) is 5.43 Å². The number of halogens is 3. The highest BCUT2D eigenvalue weighted by Crippen LogP contribution is 2.35. The molecule has 2 saturated heterocycles. The summed E-state index contributed by atoms with van der Waals surface area (Å²) in [7, 11) is 0. The van der Waals surface area contributed by atoms with Gasteiger partial charge in [0.15, 0.2) is 0 Å². The van der Waals surface area contributed by atoms with Crippen LogP contribution >= 0.6 is 0 Å². The maximum Gasteiger partial charge on any atom is 0.416 e. The maximum absolute atomic E-state index is 13.1. The number of nitrogens with zero attached hydrogens (tertiary/aromatic N) is 3. The van der Waals surface area contributed by atoms with E-state index in [1.54, 1.807) is 12.3 Å². The van der Waals surface area contributed by atoms with Gasteiger partial charge < -0.3 is 4.90 Å². The number of carbonyl (C=O) groups is 1. The van der Waals surface area contributed by atoms with Gasteiger partial charge in [0.1, 0.15) is 6.04 Å². The number of hydrogen-bond acceptors (Lipinski definition) is 5. The zero-order valence-electron chi connectivity index (χ0n) is 15.7. The van der Waals surface area contributed by atoms with Crippen LogP contribution < -0.4 is 10.9 Å². The molecule has 2 unspecified atom stereocenters. The standard InChI is InChI=1S/C20H22F3N5O/c21-20(22,23)15-5-1-3-13(11-15)17-18(25-9-8-24-17)14-4-2-10-28(12-14)19(29)16-6-7-26-27-16/h1,3,5,8-9,11,14,16,26-27H,2,4,6-7,10,12H2. The number of alkyl halides is 3. The largest absolute Gasteiger partial charge is 0.416 e. The van der Waals surface area contributed by atoms with Crippen LogP contribution in [0.1, 0.15) is 36.4 Å². The molecule has 0 spiro atoms. The van der Waals surface area contributed by atoms with Crippen molar-refractivity contribution in [1.29, 1.82) is 0 Å². The summed E-state index contributed by atoms with van der Waals surface area (Å²) in [5, 5.41) is 0. The number of rotatable bonds is 3. The van der Waals surface area contributed by atoms with E-state index in [4.69, 9.17) is 0 Å². The first-order valence-corrected chi connectivity index (χ1v) is 9.69. The fraction of sp³-hybridized carbons (Fsp3) is 0.450. The van der Waals surface area contributed by atoms with Crippen LogP contribution in [0.3, 0.4) is 0 Å². The third-order valence-electron chi connectivity index (χ3n) is 5.44. The Morgan fingerprint density at radius 1 is 1.17 bits per heavy atom. The first-order chi connectivity index (χ1) is 13.9. The second kappa shape index (κ2) is 8.08. The van der Waals surface area contributed by atoms with Crippen molar-refractivity contribution in [2.24, 2.45) is 0 Å². The van der Waals surface area contributed by atoms with Crippen molar-refractivity contribution < 1.29 is 18.0 Å². The smallest absolute Gasteiger partial charge is 0.341 e. The molecular formula is C20H22F3N5O. The van der Waals surface area contributed by atoms with Crippen LogP contribution in [0.15, 0.2) is 36.7 Å². The number of carbonyl (C=O) groups excluding carboxylic acids is 1. The molecule has 2 fully saturated rings. The lowest BCUT2D eigenvalue weighted by atomic mass is 9.90. The minimum absolute atomic E-state index is 0.0456. The molecule has 2 atom stereocenters. The summed E-state index contributed by atoms with van der Waals surface area (Å²) in [5.41, 5.74) is 6.71. The SMILES string of the molecule is O=C(C1CCNN1)N1CCCC(c2nccnc2-c2cccc(C(F)(F)F)c2)C1. The fourth-order valence-electron chi connectivity index (χ4n) is 4.00. The van der Waals surface area contributed by atoms with E-state index < -0.39 is 11.7 Å². The molecule has 2 aliphatic rings. The first kappa shape index (κ1) is 19.8. The molecule has 154 valence electrons. The molecule has 0 aliphatic carbocycles. The lowest BCUT2D eigenvalue weighted by molar-refractivity contribution is -0.137. The van der Waals surface area contributed by atoms with Crippen LogP contribution in [0.5, 0.6) is 0 Å². The summed E-state index contributed by atoms with van der Waals surface area (Å²) >= 11 is 0. The lowest BCUT2D eigenvalue weighted by Gasteiger charge is -2.34. The predicted octanol–water partition coefficient (Wildman–Crippen LogP) is 2.73. The molecule has 9 heteroatoms. The Morgan fingerprint density at radius 2 is 2.00 bits per heavy atom. The molecule has 1 aromatic carbocycles. The monoisotopic (exact) mass is 405 g/mol. The quantitative estimate of drug-likeness (QED) is 0.822. The highest BCUT2D eigenvalue weighted by Gasteiger charge is 2.33. The predicted molar refractivity (Wildman–Crippen MR) is 101 cm³/mol. The summed E-state index contributed by atoms with van der Waals surface area (Å²) in [4.78, 5) is 23.4. The van der Waals surface area contributed by atoms with E-state index in [1.807, 2.05) is 4.90 Å². The number of piperidine rings is 1. The molecule has 0 radical (unpaired) electrons. The Bertz CT molecular complexity index is 882. The number of hydrogen-bond donors (Lipinski definition) is 2. The normalized spacial score (nSPS) is 22.7. The highest BCUT2D eigenvalue weighted by molar-refractivity contribution is 5.82. The maximum atomic E-state index is 13.1. The first-order valence-electron chi connectivity index (χ1n) is 9.69. The molecule has 0 saturated carbocycles. The molecule has 3 heterocycles. The average molecular weight is 405 g/mol. The van der Waals surface area contributed by atoms with Gasteiger partial charge in [0.25, 0.3) is 0 Å². The van der Waals surface area contributed by atoms with Crippen molar-refractivity contribution in [2.45, 2.75) is 37.4 Å². The molecule has 29 heavy (non-hydrogen) atoms. The van der Waals surface area contributed by atoms with Crippen molar-refractivity contribution in [3.8, 4) is 11.3 Å². The van der Waals surface area contributed by atoms with E-state index in [9.17, 15) is 18.0 Å². The highest BCUT2D eigenvalue weighted by atomic mass is 19.4. The average Bonchev–Trinajstić information content (AvgIpc) is 3.28. The number of benzene rings is 1. The third kappa shape index (κ3) is 4.25. The molecule has 6 nitrogen and oxygen atoms in total. The summed E-state index contributed by atoms with van der Waals surface area (Å²) < 4.78 is 39.4. The third-order valence-corrected chi connectivity index (χ3v) is 5.44. The van der Waals surface area contributed by atoms with E-state index >= 15 is 0 Å². The van der Waals surface area contributed by atoms with Crippen molar-refractivity contribution in [3.05, 3.63) is 47.9 Å².